The molecule has 92 valence electrons. The first-order chi connectivity index (χ1) is 7.39. The molecule has 4 aliphatic carbocycles. The maximum Gasteiger partial charge on any atom is 0.0782 e. The van der Waals surface area contributed by atoms with Crippen LogP contribution in [0.15, 0.2) is 0 Å². The van der Waals surface area contributed by atoms with Crippen molar-refractivity contribution in [2.45, 2.75) is 63.4 Å². The highest BCUT2D eigenvalue weighted by molar-refractivity contribution is 6.23. The Balaban J connectivity index is 1.88. The van der Waals surface area contributed by atoms with Crippen LogP contribution >= 0.6 is 11.6 Å². The molecule has 4 saturated carbocycles. The fourth-order valence-corrected chi connectivity index (χ4v) is 5.47. The van der Waals surface area contributed by atoms with E-state index in [9.17, 15) is 5.11 Å². The summed E-state index contributed by atoms with van der Waals surface area (Å²) in [5.74, 6) is 2.67. The number of halogens is 1. The minimum atomic E-state index is -0.467. The quantitative estimate of drug-likeness (QED) is 0.734. The highest BCUT2D eigenvalue weighted by Gasteiger charge is 2.56. The molecular formula is C14H23ClO. The van der Waals surface area contributed by atoms with Crippen molar-refractivity contribution in [1.82, 2.24) is 0 Å². The van der Waals surface area contributed by atoms with Crippen LogP contribution < -0.4 is 0 Å². The Bertz CT molecular complexity index is 256. The summed E-state index contributed by atoms with van der Waals surface area (Å²) in [7, 11) is 0. The number of aliphatic hydroxyl groups excluding tert-OH is 1. The summed E-state index contributed by atoms with van der Waals surface area (Å²) in [4.78, 5) is -0.467. The van der Waals surface area contributed by atoms with Gasteiger partial charge in [0.15, 0.2) is 0 Å². The van der Waals surface area contributed by atoms with Gasteiger partial charge in [-0.15, -0.1) is 11.6 Å². The average molecular weight is 243 g/mol. The predicted molar refractivity (Wildman–Crippen MR) is 66.5 cm³/mol. The van der Waals surface area contributed by atoms with E-state index in [0.29, 0.717) is 0 Å². The predicted octanol–water partition coefficient (Wildman–Crippen LogP) is 3.58. The van der Waals surface area contributed by atoms with Crippen LogP contribution in [0.4, 0.5) is 0 Å². The standard InChI is InChI=1S/C14H23ClO/c1-13(2,15)12(16)14-6-9-3-10(7-14)5-11(4-9)8-14/h9-12,16H,3-8H2,1-2H3. The number of rotatable bonds is 2. The summed E-state index contributed by atoms with van der Waals surface area (Å²) in [6.07, 6.45) is 7.65. The largest absolute Gasteiger partial charge is 0.391 e. The van der Waals surface area contributed by atoms with Crippen molar-refractivity contribution in [3.8, 4) is 0 Å². The van der Waals surface area contributed by atoms with Gasteiger partial charge in [-0.3, -0.25) is 0 Å². The first-order valence-corrected chi connectivity index (χ1v) is 7.14. The van der Waals surface area contributed by atoms with Crippen molar-refractivity contribution < 1.29 is 5.11 Å². The summed E-state index contributed by atoms with van der Waals surface area (Å²) in [6, 6.07) is 0. The topological polar surface area (TPSA) is 20.2 Å². The first kappa shape index (κ1) is 11.3. The Morgan fingerprint density at radius 1 is 1.06 bits per heavy atom. The minimum absolute atomic E-state index is 0.167. The van der Waals surface area contributed by atoms with Gasteiger partial charge < -0.3 is 5.11 Å². The molecule has 4 fully saturated rings. The molecule has 1 nitrogen and oxygen atoms in total. The van der Waals surface area contributed by atoms with Crippen LogP contribution in [-0.2, 0) is 0 Å². The van der Waals surface area contributed by atoms with E-state index in [-0.39, 0.29) is 11.5 Å². The second kappa shape index (κ2) is 3.38. The monoisotopic (exact) mass is 242 g/mol. The fraction of sp³-hybridized carbons (Fsp3) is 1.00. The zero-order valence-corrected chi connectivity index (χ0v) is 11.1. The third-order valence-corrected chi connectivity index (χ3v) is 5.52. The summed E-state index contributed by atoms with van der Waals surface area (Å²) in [5, 5.41) is 10.6. The molecule has 4 bridgehead atoms. The van der Waals surface area contributed by atoms with E-state index in [1.807, 2.05) is 13.8 Å². The molecule has 0 saturated heterocycles. The molecule has 4 aliphatic rings. The number of alkyl halides is 1. The lowest BCUT2D eigenvalue weighted by Crippen LogP contribution is -2.56. The molecule has 0 aromatic heterocycles. The van der Waals surface area contributed by atoms with E-state index in [1.54, 1.807) is 0 Å². The molecule has 1 unspecified atom stereocenters. The second-order valence-electron chi connectivity index (χ2n) is 7.25. The summed E-state index contributed by atoms with van der Waals surface area (Å²) >= 11 is 6.37. The maximum absolute atomic E-state index is 10.6. The summed E-state index contributed by atoms with van der Waals surface area (Å²) < 4.78 is 0. The molecule has 0 amide bonds. The van der Waals surface area contributed by atoms with E-state index in [4.69, 9.17) is 11.6 Å². The lowest BCUT2D eigenvalue weighted by atomic mass is 9.47. The molecule has 0 spiro atoms. The number of hydrogen-bond donors (Lipinski definition) is 1. The molecule has 0 aromatic rings. The van der Waals surface area contributed by atoms with Crippen molar-refractivity contribution in [2.75, 3.05) is 0 Å². The smallest absolute Gasteiger partial charge is 0.0782 e. The Morgan fingerprint density at radius 2 is 1.44 bits per heavy atom. The summed E-state index contributed by atoms with van der Waals surface area (Å²) in [5.41, 5.74) is 0.167. The molecule has 16 heavy (non-hydrogen) atoms. The molecule has 0 radical (unpaired) electrons. The Morgan fingerprint density at radius 3 is 1.75 bits per heavy atom. The zero-order valence-electron chi connectivity index (χ0n) is 10.4. The van der Waals surface area contributed by atoms with Gasteiger partial charge in [0.05, 0.1) is 11.0 Å². The minimum Gasteiger partial charge on any atom is -0.391 e. The lowest BCUT2D eigenvalue weighted by Gasteiger charge is -2.59. The van der Waals surface area contributed by atoms with Crippen LogP contribution in [0.3, 0.4) is 0 Å². The van der Waals surface area contributed by atoms with Gasteiger partial charge in [-0.25, -0.2) is 0 Å². The van der Waals surface area contributed by atoms with Gasteiger partial charge in [0, 0.05) is 0 Å². The third kappa shape index (κ3) is 1.62. The van der Waals surface area contributed by atoms with Gasteiger partial charge >= 0.3 is 0 Å². The Hall–Kier alpha value is 0.250. The van der Waals surface area contributed by atoms with Crippen LogP contribution in [-0.4, -0.2) is 16.1 Å². The van der Waals surface area contributed by atoms with Gasteiger partial charge in [-0.1, -0.05) is 0 Å². The molecule has 1 N–H and O–H groups in total. The molecule has 0 aliphatic heterocycles. The van der Waals surface area contributed by atoms with Crippen LogP contribution in [0.25, 0.3) is 0 Å². The second-order valence-corrected chi connectivity index (χ2v) is 8.22. The van der Waals surface area contributed by atoms with Crippen molar-refractivity contribution in [1.29, 1.82) is 0 Å². The van der Waals surface area contributed by atoms with Crippen molar-refractivity contribution in [3.05, 3.63) is 0 Å². The van der Waals surface area contributed by atoms with Crippen molar-refractivity contribution >= 4 is 11.6 Å². The van der Waals surface area contributed by atoms with Crippen LogP contribution in [0.2, 0.25) is 0 Å². The SMILES string of the molecule is CC(C)(Cl)C(O)C12CC3CC(CC(C3)C1)C2. The molecule has 2 heteroatoms. The van der Waals surface area contributed by atoms with E-state index in [0.717, 1.165) is 17.8 Å². The van der Waals surface area contributed by atoms with Gasteiger partial charge in [0.2, 0.25) is 0 Å². The fourth-order valence-electron chi connectivity index (χ4n) is 5.24. The third-order valence-electron chi connectivity index (χ3n) is 5.32. The zero-order chi connectivity index (χ0) is 11.6. The van der Waals surface area contributed by atoms with Crippen molar-refractivity contribution in [2.24, 2.45) is 23.2 Å². The Labute approximate surface area is 104 Å². The van der Waals surface area contributed by atoms with Gasteiger partial charge in [-0.05, 0) is 75.5 Å². The molecule has 0 heterocycles. The lowest BCUT2D eigenvalue weighted by molar-refractivity contribution is -0.129. The van der Waals surface area contributed by atoms with Gasteiger partial charge in [0.1, 0.15) is 0 Å². The van der Waals surface area contributed by atoms with Crippen LogP contribution in [0, 0.1) is 23.2 Å². The van der Waals surface area contributed by atoms with E-state index < -0.39 is 4.87 Å². The Kier molecular flexibility index (Phi) is 2.40. The average Bonchev–Trinajstić information content (AvgIpc) is 2.12. The van der Waals surface area contributed by atoms with Crippen LogP contribution in [0.1, 0.15) is 52.4 Å². The van der Waals surface area contributed by atoms with Gasteiger partial charge in [-0.2, -0.15) is 0 Å². The van der Waals surface area contributed by atoms with Crippen molar-refractivity contribution in [3.63, 3.8) is 0 Å². The van der Waals surface area contributed by atoms with E-state index in [2.05, 4.69) is 0 Å². The van der Waals surface area contributed by atoms with Crippen LogP contribution in [0.5, 0.6) is 0 Å². The highest BCUT2D eigenvalue weighted by atomic mass is 35.5. The normalized spacial score (nSPS) is 48.4. The first-order valence-electron chi connectivity index (χ1n) is 6.76. The molecule has 4 rings (SSSR count). The molecule has 1 atom stereocenters. The van der Waals surface area contributed by atoms with Gasteiger partial charge in [0.25, 0.3) is 0 Å². The number of hydrogen-bond acceptors (Lipinski definition) is 1. The summed E-state index contributed by atoms with van der Waals surface area (Å²) in [6.45, 7) is 3.94. The maximum atomic E-state index is 10.6. The number of aliphatic hydroxyl groups is 1. The molecular weight excluding hydrogens is 220 g/mol. The van der Waals surface area contributed by atoms with E-state index >= 15 is 0 Å². The van der Waals surface area contributed by atoms with E-state index in [1.165, 1.54) is 38.5 Å². The highest BCUT2D eigenvalue weighted by Crippen LogP contribution is 2.62. The molecule has 0 aromatic carbocycles.